The third-order valence-electron chi connectivity index (χ3n) is 2.74. The van der Waals surface area contributed by atoms with Crippen LogP contribution in [0, 0.1) is 5.82 Å². The maximum Gasteiger partial charge on any atom is 0.256 e. The number of nitrogens with one attached hydrogen (secondary N) is 1. The maximum absolute atomic E-state index is 13.5. The number of hydrogen-bond acceptors (Lipinski definition) is 3. The molecule has 0 saturated heterocycles. The first-order chi connectivity index (χ1) is 8.02. The predicted molar refractivity (Wildman–Crippen MR) is 64.6 cm³/mol. The van der Waals surface area contributed by atoms with Crippen molar-refractivity contribution in [2.45, 2.75) is 13.0 Å². The van der Waals surface area contributed by atoms with Gasteiger partial charge in [-0.2, -0.15) is 0 Å². The SMILES string of the molecule is CNc1c(F)cccc1C(=O)N(C)C(C)CO. The summed E-state index contributed by atoms with van der Waals surface area (Å²) in [4.78, 5) is 13.5. The average molecular weight is 240 g/mol. The van der Waals surface area contributed by atoms with E-state index < -0.39 is 5.82 Å². The van der Waals surface area contributed by atoms with Crippen LogP contribution >= 0.6 is 0 Å². The third kappa shape index (κ3) is 2.74. The van der Waals surface area contributed by atoms with Crippen LogP contribution in [0.2, 0.25) is 0 Å². The maximum atomic E-state index is 13.5. The van der Waals surface area contributed by atoms with E-state index in [9.17, 15) is 9.18 Å². The van der Waals surface area contributed by atoms with E-state index in [1.807, 2.05) is 0 Å². The van der Waals surface area contributed by atoms with Crippen LogP contribution in [0.3, 0.4) is 0 Å². The summed E-state index contributed by atoms with van der Waals surface area (Å²) in [6, 6.07) is 4.02. The molecule has 2 N–H and O–H groups in total. The minimum atomic E-state index is -0.469. The van der Waals surface area contributed by atoms with Crippen molar-refractivity contribution in [3.05, 3.63) is 29.6 Å². The van der Waals surface area contributed by atoms with Gasteiger partial charge in [0.1, 0.15) is 5.82 Å². The molecule has 0 aliphatic rings. The van der Waals surface area contributed by atoms with Gasteiger partial charge < -0.3 is 15.3 Å². The lowest BCUT2D eigenvalue weighted by atomic mass is 10.1. The van der Waals surface area contributed by atoms with Gasteiger partial charge in [0.2, 0.25) is 0 Å². The second-order valence-corrected chi connectivity index (χ2v) is 3.86. The molecule has 1 aromatic carbocycles. The summed E-state index contributed by atoms with van der Waals surface area (Å²) in [5.41, 5.74) is 0.435. The molecule has 5 heteroatoms. The number of carbonyl (C=O) groups is 1. The summed E-state index contributed by atoms with van der Waals surface area (Å²) in [5.74, 6) is -0.793. The number of amides is 1. The normalized spacial score (nSPS) is 12.1. The lowest BCUT2D eigenvalue weighted by molar-refractivity contribution is 0.0683. The van der Waals surface area contributed by atoms with Crippen LogP contribution in [0.5, 0.6) is 0 Å². The van der Waals surface area contributed by atoms with Gasteiger partial charge in [0.05, 0.1) is 23.9 Å². The molecular weight excluding hydrogens is 223 g/mol. The summed E-state index contributed by atoms with van der Waals surface area (Å²) >= 11 is 0. The lowest BCUT2D eigenvalue weighted by Crippen LogP contribution is -2.37. The van der Waals surface area contributed by atoms with Gasteiger partial charge in [-0.25, -0.2) is 4.39 Å². The number of likely N-dealkylation sites (N-methyl/N-ethyl adjacent to an activating group) is 1. The molecule has 4 nitrogen and oxygen atoms in total. The second-order valence-electron chi connectivity index (χ2n) is 3.86. The van der Waals surface area contributed by atoms with E-state index in [2.05, 4.69) is 5.32 Å². The number of rotatable bonds is 4. The van der Waals surface area contributed by atoms with E-state index in [0.29, 0.717) is 0 Å². The summed E-state index contributed by atoms with van der Waals surface area (Å²) in [5, 5.41) is 11.7. The zero-order valence-corrected chi connectivity index (χ0v) is 10.2. The van der Waals surface area contributed by atoms with E-state index in [1.54, 1.807) is 27.1 Å². The Morgan fingerprint density at radius 2 is 2.24 bits per heavy atom. The van der Waals surface area contributed by atoms with Crippen molar-refractivity contribution in [1.82, 2.24) is 4.90 Å². The van der Waals surface area contributed by atoms with E-state index in [-0.39, 0.29) is 29.8 Å². The average Bonchev–Trinajstić information content (AvgIpc) is 2.35. The Labute approximate surface area is 100 Å². The van der Waals surface area contributed by atoms with Gasteiger partial charge in [-0.05, 0) is 19.1 Å². The molecule has 1 unspecified atom stereocenters. The summed E-state index contributed by atoms with van der Waals surface area (Å²) in [7, 11) is 3.14. The highest BCUT2D eigenvalue weighted by molar-refractivity contribution is 5.99. The highest BCUT2D eigenvalue weighted by Gasteiger charge is 2.20. The first kappa shape index (κ1) is 13.4. The number of aliphatic hydroxyl groups is 1. The number of anilines is 1. The monoisotopic (exact) mass is 240 g/mol. The fourth-order valence-electron chi connectivity index (χ4n) is 1.47. The zero-order valence-electron chi connectivity index (χ0n) is 10.2. The van der Waals surface area contributed by atoms with Gasteiger partial charge in [0.15, 0.2) is 0 Å². The second kappa shape index (κ2) is 5.63. The third-order valence-corrected chi connectivity index (χ3v) is 2.74. The van der Waals surface area contributed by atoms with Crippen molar-refractivity contribution in [1.29, 1.82) is 0 Å². The molecule has 0 heterocycles. The topological polar surface area (TPSA) is 52.6 Å². The molecule has 0 radical (unpaired) electrons. The molecule has 0 fully saturated rings. The largest absolute Gasteiger partial charge is 0.394 e. The number of para-hydroxylation sites is 1. The Morgan fingerprint density at radius 1 is 1.59 bits per heavy atom. The van der Waals surface area contributed by atoms with Crippen molar-refractivity contribution in [2.24, 2.45) is 0 Å². The standard InChI is InChI=1S/C12H17FN2O2/c1-8(7-16)15(3)12(17)9-5-4-6-10(13)11(9)14-2/h4-6,8,14,16H,7H2,1-3H3. The lowest BCUT2D eigenvalue weighted by Gasteiger charge is -2.24. The number of aliphatic hydroxyl groups excluding tert-OH is 1. The number of hydrogen-bond donors (Lipinski definition) is 2. The Balaban J connectivity index is 3.08. The summed E-state index contributed by atoms with van der Waals surface area (Å²) in [6.45, 7) is 1.59. The number of halogens is 1. The van der Waals surface area contributed by atoms with Crippen LogP contribution in [0.15, 0.2) is 18.2 Å². The quantitative estimate of drug-likeness (QED) is 0.834. The molecule has 0 aliphatic carbocycles. The molecular formula is C12H17FN2O2. The smallest absolute Gasteiger partial charge is 0.256 e. The van der Waals surface area contributed by atoms with Crippen LogP contribution in [0.25, 0.3) is 0 Å². The number of benzene rings is 1. The van der Waals surface area contributed by atoms with Gasteiger partial charge in [-0.15, -0.1) is 0 Å². The van der Waals surface area contributed by atoms with Crippen LogP contribution in [-0.2, 0) is 0 Å². The molecule has 0 saturated carbocycles. The highest BCUT2D eigenvalue weighted by Crippen LogP contribution is 2.21. The van der Waals surface area contributed by atoms with Crippen LogP contribution in [0.4, 0.5) is 10.1 Å². The molecule has 1 amide bonds. The van der Waals surface area contributed by atoms with Crippen molar-refractivity contribution in [2.75, 3.05) is 26.0 Å². The van der Waals surface area contributed by atoms with Crippen LogP contribution < -0.4 is 5.32 Å². The molecule has 1 atom stereocenters. The minimum Gasteiger partial charge on any atom is -0.394 e. The fourth-order valence-corrected chi connectivity index (χ4v) is 1.47. The molecule has 1 rings (SSSR count). The molecule has 0 aliphatic heterocycles. The molecule has 0 spiro atoms. The Morgan fingerprint density at radius 3 is 2.76 bits per heavy atom. The molecule has 0 aromatic heterocycles. The predicted octanol–water partition coefficient (Wildman–Crippen LogP) is 1.32. The summed E-state index contributed by atoms with van der Waals surface area (Å²) < 4.78 is 13.5. The Bertz CT molecular complexity index is 409. The Kier molecular flexibility index (Phi) is 4.45. The van der Waals surface area contributed by atoms with E-state index >= 15 is 0 Å². The van der Waals surface area contributed by atoms with Crippen molar-refractivity contribution < 1.29 is 14.3 Å². The van der Waals surface area contributed by atoms with Gasteiger partial charge in [-0.3, -0.25) is 4.79 Å². The molecule has 0 bridgehead atoms. The fraction of sp³-hybridized carbons (Fsp3) is 0.417. The van der Waals surface area contributed by atoms with Crippen molar-refractivity contribution in [3.63, 3.8) is 0 Å². The van der Waals surface area contributed by atoms with Crippen molar-refractivity contribution in [3.8, 4) is 0 Å². The van der Waals surface area contributed by atoms with Gasteiger partial charge >= 0.3 is 0 Å². The Hall–Kier alpha value is -1.62. The molecule has 17 heavy (non-hydrogen) atoms. The number of nitrogens with zero attached hydrogens (tertiary/aromatic N) is 1. The molecule has 1 aromatic rings. The van der Waals surface area contributed by atoms with Gasteiger partial charge in [-0.1, -0.05) is 6.07 Å². The van der Waals surface area contributed by atoms with Crippen LogP contribution in [-0.4, -0.2) is 42.7 Å². The minimum absolute atomic E-state index is 0.132. The van der Waals surface area contributed by atoms with Crippen molar-refractivity contribution >= 4 is 11.6 Å². The highest BCUT2D eigenvalue weighted by atomic mass is 19.1. The summed E-state index contributed by atoms with van der Waals surface area (Å²) in [6.07, 6.45) is 0. The first-order valence-electron chi connectivity index (χ1n) is 5.37. The van der Waals surface area contributed by atoms with E-state index in [0.717, 1.165) is 0 Å². The van der Waals surface area contributed by atoms with Gasteiger partial charge in [0.25, 0.3) is 5.91 Å². The van der Waals surface area contributed by atoms with Gasteiger partial charge in [0, 0.05) is 14.1 Å². The van der Waals surface area contributed by atoms with E-state index in [1.165, 1.54) is 17.0 Å². The van der Waals surface area contributed by atoms with E-state index in [4.69, 9.17) is 5.11 Å². The molecule has 94 valence electrons. The van der Waals surface area contributed by atoms with Crippen LogP contribution in [0.1, 0.15) is 17.3 Å². The first-order valence-corrected chi connectivity index (χ1v) is 5.37. The number of carbonyl (C=O) groups excluding carboxylic acids is 1. The zero-order chi connectivity index (χ0) is 13.0.